The Hall–Kier alpha value is -1.41. The van der Waals surface area contributed by atoms with Crippen molar-refractivity contribution in [2.45, 2.75) is 35.4 Å². The first-order valence-corrected chi connectivity index (χ1v) is 10.5. The van der Waals surface area contributed by atoms with Gasteiger partial charge in [-0.3, -0.25) is 0 Å². The summed E-state index contributed by atoms with van der Waals surface area (Å²) >= 11 is 13.7. The molecule has 0 amide bonds. The van der Waals surface area contributed by atoms with Gasteiger partial charge in [0.1, 0.15) is 16.0 Å². The van der Waals surface area contributed by atoms with Crippen LogP contribution in [0.3, 0.4) is 0 Å². The molecule has 0 saturated carbocycles. The molecule has 1 unspecified atom stereocenters. The molecule has 0 spiro atoms. The van der Waals surface area contributed by atoms with Crippen molar-refractivity contribution >= 4 is 58.1 Å². The third kappa shape index (κ3) is 5.78. The first-order chi connectivity index (χ1) is 12.6. The summed E-state index contributed by atoms with van der Waals surface area (Å²) in [6.07, 6.45) is 3.04. The standard InChI is InChI=1S/C18H18Cl2N2O3S2/c1-18(2,3)27(24)22-10-11-8-12(19)9-14(20)15(11)26-16-13(17(23)25-4)6-5-7-21-16/h5-10H,1-4H3. The van der Waals surface area contributed by atoms with Crippen molar-refractivity contribution in [3.8, 4) is 0 Å². The average Bonchev–Trinajstić information content (AvgIpc) is 2.61. The Morgan fingerprint density at radius 1 is 1.33 bits per heavy atom. The monoisotopic (exact) mass is 444 g/mol. The van der Waals surface area contributed by atoms with Crippen LogP contribution in [0.2, 0.25) is 10.0 Å². The van der Waals surface area contributed by atoms with E-state index in [0.717, 1.165) is 0 Å². The lowest BCUT2D eigenvalue weighted by Gasteiger charge is -2.14. The predicted octanol–water partition coefficient (Wildman–Crippen LogP) is 5.21. The number of carbonyl (C=O) groups is 1. The van der Waals surface area contributed by atoms with Gasteiger partial charge < -0.3 is 4.74 Å². The second-order valence-corrected chi connectivity index (χ2v) is 10.1. The summed E-state index contributed by atoms with van der Waals surface area (Å²) in [6, 6.07) is 6.52. The molecule has 1 atom stereocenters. The van der Waals surface area contributed by atoms with Gasteiger partial charge in [-0.25, -0.2) is 14.0 Å². The number of aromatic nitrogens is 1. The Morgan fingerprint density at radius 3 is 2.67 bits per heavy atom. The fourth-order valence-electron chi connectivity index (χ4n) is 1.88. The summed E-state index contributed by atoms with van der Waals surface area (Å²) < 4.78 is 20.7. The van der Waals surface area contributed by atoms with Gasteiger partial charge in [0.2, 0.25) is 0 Å². The SMILES string of the molecule is COC(=O)c1cccnc1Sc1c(Cl)cc(Cl)cc1C=NS(=O)C(C)(C)C. The van der Waals surface area contributed by atoms with Crippen molar-refractivity contribution in [1.29, 1.82) is 0 Å². The van der Waals surface area contributed by atoms with Gasteiger partial charge in [0.15, 0.2) is 0 Å². The third-order valence-electron chi connectivity index (χ3n) is 3.22. The second kappa shape index (κ2) is 9.19. The summed E-state index contributed by atoms with van der Waals surface area (Å²) in [5.74, 6) is -0.500. The van der Waals surface area contributed by atoms with Crippen LogP contribution in [0.5, 0.6) is 0 Å². The van der Waals surface area contributed by atoms with Crippen LogP contribution in [-0.4, -0.2) is 33.2 Å². The van der Waals surface area contributed by atoms with Gasteiger partial charge in [-0.1, -0.05) is 35.0 Å². The Kier molecular flexibility index (Phi) is 7.45. The molecule has 1 aromatic carbocycles. The van der Waals surface area contributed by atoms with E-state index in [4.69, 9.17) is 27.9 Å². The zero-order chi connectivity index (χ0) is 20.2. The van der Waals surface area contributed by atoms with Gasteiger partial charge in [-0.05, 0) is 45.0 Å². The highest BCUT2D eigenvalue weighted by molar-refractivity contribution is 7.99. The summed E-state index contributed by atoms with van der Waals surface area (Å²) in [4.78, 5) is 16.8. The molecule has 0 radical (unpaired) electrons. The summed E-state index contributed by atoms with van der Waals surface area (Å²) in [7, 11) is -0.130. The summed E-state index contributed by atoms with van der Waals surface area (Å²) in [5.41, 5.74) is 0.897. The maximum Gasteiger partial charge on any atom is 0.340 e. The smallest absolute Gasteiger partial charge is 0.340 e. The fourth-order valence-corrected chi connectivity index (χ4v) is 3.99. The van der Waals surface area contributed by atoms with E-state index < -0.39 is 21.7 Å². The minimum absolute atomic E-state index is 0.317. The van der Waals surface area contributed by atoms with E-state index in [-0.39, 0.29) is 0 Å². The highest BCUT2D eigenvalue weighted by atomic mass is 35.5. The minimum atomic E-state index is -1.43. The number of pyridine rings is 1. The van der Waals surface area contributed by atoms with Crippen LogP contribution >= 0.6 is 35.0 Å². The minimum Gasteiger partial charge on any atom is -0.465 e. The number of rotatable bonds is 5. The molecule has 0 aliphatic carbocycles. The number of esters is 1. The normalized spacial score (nSPS) is 13.0. The van der Waals surface area contributed by atoms with Crippen LogP contribution in [0.1, 0.15) is 36.7 Å². The van der Waals surface area contributed by atoms with Gasteiger partial charge >= 0.3 is 5.97 Å². The molecule has 0 saturated heterocycles. The fraction of sp³-hybridized carbons (Fsp3) is 0.278. The van der Waals surface area contributed by atoms with Gasteiger partial charge in [-0.2, -0.15) is 4.40 Å². The van der Waals surface area contributed by atoms with E-state index in [1.54, 1.807) is 30.5 Å². The lowest BCUT2D eigenvalue weighted by molar-refractivity contribution is 0.0596. The lowest BCUT2D eigenvalue weighted by atomic mass is 10.2. The zero-order valence-electron chi connectivity index (χ0n) is 15.2. The largest absolute Gasteiger partial charge is 0.465 e. The van der Waals surface area contributed by atoms with Crippen molar-refractivity contribution in [3.05, 3.63) is 51.6 Å². The molecule has 1 aromatic heterocycles. The second-order valence-electron chi connectivity index (χ2n) is 6.35. The van der Waals surface area contributed by atoms with Gasteiger partial charge in [0.25, 0.3) is 0 Å². The molecule has 0 aliphatic rings. The van der Waals surface area contributed by atoms with Crippen molar-refractivity contribution in [3.63, 3.8) is 0 Å². The van der Waals surface area contributed by atoms with Crippen LogP contribution in [0.15, 0.2) is 44.8 Å². The Morgan fingerprint density at radius 2 is 2.04 bits per heavy atom. The quantitative estimate of drug-likeness (QED) is 0.467. The molecule has 27 heavy (non-hydrogen) atoms. The van der Waals surface area contributed by atoms with Crippen LogP contribution in [0.25, 0.3) is 0 Å². The third-order valence-corrected chi connectivity index (χ3v) is 6.38. The van der Waals surface area contributed by atoms with E-state index in [2.05, 4.69) is 9.38 Å². The van der Waals surface area contributed by atoms with Crippen LogP contribution in [-0.2, 0) is 15.7 Å². The Labute approximate surface area is 175 Å². The maximum atomic E-state index is 12.2. The molecule has 144 valence electrons. The molecule has 5 nitrogen and oxygen atoms in total. The first kappa shape index (κ1) is 21.9. The number of carbonyl (C=O) groups excluding carboxylic acids is 1. The molecule has 0 aliphatic heterocycles. The van der Waals surface area contributed by atoms with Crippen molar-refractivity contribution in [1.82, 2.24) is 4.98 Å². The summed E-state index contributed by atoms with van der Waals surface area (Å²) in [6.45, 7) is 5.49. The average molecular weight is 445 g/mol. The van der Waals surface area contributed by atoms with E-state index in [1.165, 1.54) is 25.1 Å². The molecular weight excluding hydrogens is 427 g/mol. The predicted molar refractivity (Wildman–Crippen MR) is 112 cm³/mol. The highest BCUT2D eigenvalue weighted by Crippen LogP contribution is 2.38. The van der Waals surface area contributed by atoms with Gasteiger partial charge in [0, 0.05) is 27.9 Å². The van der Waals surface area contributed by atoms with E-state index in [9.17, 15) is 9.00 Å². The topological polar surface area (TPSA) is 68.6 Å². The van der Waals surface area contributed by atoms with E-state index >= 15 is 0 Å². The Bertz CT molecular complexity index is 912. The first-order valence-electron chi connectivity index (χ1n) is 7.79. The van der Waals surface area contributed by atoms with Crippen LogP contribution in [0, 0.1) is 0 Å². The number of ether oxygens (including phenoxy) is 1. The van der Waals surface area contributed by atoms with Gasteiger partial charge in [-0.15, -0.1) is 0 Å². The number of benzene rings is 1. The van der Waals surface area contributed by atoms with Crippen LogP contribution < -0.4 is 0 Å². The number of hydrogen-bond donors (Lipinski definition) is 0. The van der Waals surface area contributed by atoms with Crippen molar-refractivity contribution in [2.24, 2.45) is 4.40 Å². The number of hydrogen-bond acceptors (Lipinski definition) is 5. The van der Waals surface area contributed by atoms with Crippen LogP contribution in [0.4, 0.5) is 0 Å². The maximum absolute atomic E-state index is 12.2. The number of methoxy groups -OCH3 is 1. The zero-order valence-corrected chi connectivity index (χ0v) is 18.3. The molecule has 0 N–H and O–H groups in total. The lowest BCUT2D eigenvalue weighted by Crippen LogP contribution is -2.19. The molecule has 0 bridgehead atoms. The molecule has 0 fully saturated rings. The van der Waals surface area contributed by atoms with E-state index in [0.29, 0.717) is 31.1 Å². The molecule has 2 rings (SSSR count). The highest BCUT2D eigenvalue weighted by Gasteiger charge is 2.20. The van der Waals surface area contributed by atoms with Crippen molar-refractivity contribution in [2.75, 3.05) is 7.11 Å². The van der Waals surface area contributed by atoms with E-state index in [1.807, 2.05) is 20.8 Å². The molecule has 2 aromatic rings. The van der Waals surface area contributed by atoms with Crippen molar-refractivity contribution < 1.29 is 13.7 Å². The number of nitrogens with zero attached hydrogens (tertiary/aromatic N) is 2. The number of halogens is 2. The summed E-state index contributed by atoms with van der Waals surface area (Å²) in [5, 5.41) is 1.22. The van der Waals surface area contributed by atoms with Gasteiger partial charge in [0.05, 0.1) is 22.4 Å². The molecular formula is C18H18Cl2N2O3S2. The molecule has 1 heterocycles. The Balaban J connectivity index is 2.48. The molecule has 9 heteroatoms.